The fraction of sp³-hybridized carbons (Fsp3) is 1.00. The van der Waals surface area contributed by atoms with Crippen molar-refractivity contribution in [1.82, 2.24) is 15.1 Å². The molecule has 24 heavy (non-hydrogen) atoms. The molecular formula is C21H39N3. The Kier molecular flexibility index (Phi) is 4.96. The highest BCUT2D eigenvalue weighted by Gasteiger charge is 2.59. The van der Waals surface area contributed by atoms with E-state index >= 15 is 0 Å². The van der Waals surface area contributed by atoms with E-state index in [1.54, 1.807) is 0 Å². The van der Waals surface area contributed by atoms with Crippen LogP contribution in [0.2, 0.25) is 0 Å². The highest BCUT2D eigenvalue weighted by atomic mass is 15.3. The van der Waals surface area contributed by atoms with Gasteiger partial charge in [0, 0.05) is 30.1 Å². The predicted molar refractivity (Wildman–Crippen MR) is 101 cm³/mol. The fourth-order valence-electron chi connectivity index (χ4n) is 6.28. The molecule has 0 aromatic heterocycles. The van der Waals surface area contributed by atoms with Crippen molar-refractivity contribution in [2.24, 2.45) is 17.3 Å². The highest BCUT2D eigenvalue weighted by molar-refractivity contribution is 5.14. The Labute approximate surface area is 149 Å². The highest BCUT2D eigenvalue weighted by Crippen LogP contribution is 2.55. The van der Waals surface area contributed by atoms with E-state index in [2.05, 4.69) is 35.9 Å². The first-order chi connectivity index (χ1) is 11.6. The smallest absolute Gasteiger partial charge is 0.0174 e. The van der Waals surface area contributed by atoms with Crippen LogP contribution in [0.25, 0.3) is 0 Å². The van der Waals surface area contributed by atoms with Crippen LogP contribution in [-0.4, -0.2) is 60.6 Å². The van der Waals surface area contributed by atoms with Crippen molar-refractivity contribution in [2.75, 3.05) is 32.7 Å². The number of hydrogen-bond acceptors (Lipinski definition) is 3. The molecule has 0 bridgehead atoms. The lowest BCUT2D eigenvalue weighted by Crippen LogP contribution is -2.38. The minimum absolute atomic E-state index is 0.681. The van der Waals surface area contributed by atoms with Crippen LogP contribution in [0.5, 0.6) is 0 Å². The van der Waals surface area contributed by atoms with Crippen molar-refractivity contribution in [2.45, 2.75) is 83.8 Å². The first-order valence-electron chi connectivity index (χ1n) is 10.8. The largest absolute Gasteiger partial charge is 0.316 e. The molecule has 4 aliphatic rings. The van der Waals surface area contributed by atoms with E-state index in [9.17, 15) is 0 Å². The van der Waals surface area contributed by atoms with E-state index in [1.165, 1.54) is 77.7 Å². The number of hydrogen-bond donors (Lipinski definition) is 1. The first kappa shape index (κ1) is 17.3. The van der Waals surface area contributed by atoms with Gasteiger partial charge in [0.2, 0.25) is 0 Å². The van der Waals surface area contributed by atoms with Crippen LogP contribution in [0.3, 0.4) is 0 Å². The molecule has 0 aromatic carbocycles. The second kappa shape index (κ2) is 6.89. The molecular weight excluding hydrogens is 294 g/mol. The van der Waals surface area contributed by atoms with Crippen LogP contribution in [0.1, 0.15) is 65.7 Å². The van der Waals surface area contributed by atoms with Gasteiger partial charge in [-0.1, -0.05) is 20.8 Å². The van der Waals surface area contributed by atoms with Crippen LogP contribution in [0.4, 0.5) is 0 Å². The van der Waals surface area contributed by atoms with E-state index in [1.807, 2.05) is 0 Å². The molecule has 1 saturated carbocycles. The van der Waals surface area contributed by atoms with Gasteiger partial charge < -0.3 is 10.2 Å². The SMILES string of the molecule is CC(C)C1CCCN1CCC[C@H]1[C@@H](C)CCN1C1CC12CCNC2. The van der Waals surface area contributed by atoms with E-state index in [4.69, 9.17) is 0 Å². The van der Waals surface area contributed by atoms with Crippen molar-refractivity contribution in [3.05, 3.63) is 0 Å². The van der Waals surface area contributed by atoms with Gasteiger partial charge in [0.05, 0.1) is 0 Å². The molecule has 4 rings (SSSR count). The zero-order valence-corrected chi connectivity index (χ0v) is 16.3. The van der Waals surface area contributed by atoms with Crippen LogP contribution in [-0.2, 0) is 0 Å². The van der Waals surface area contributed by atoms with Gasteiger partial charge in [-0.05, 0) is 83.0 Å². The van der Waals surface area contributed by atoms with E-state index in [0.29, 0.717) is 5.41 Å². The maximum Gasteiger partial charge on any atom is 0.0174 e. The summed E-state index contributed by atoms with van der Waals surface area (Å²) in [7, 11) is 0. The van der Waals surface area contributed by atoms with Gasteiger partial charge >= 0.3 is 0 Å². The number of nitrogens with zero attached hydrogens (tertiary/aromatic N) is 2. The van der Waals surface area contributed by atoms with Gasteiger partial charge in [-0.15, -0.1) is 0 Å². The summed E-state index contributed by atoms with van der Waals surface area (Å²) >= 11 is 0. The summed E-state index contributed by atoms with van der Waals surface area (Å²) in [5.41, 5.74) is 0.681. The Hall–Kier alpha value is -0.120. The third kappa shape index (κ3) is 3.17. The molecule has 3 unspecified atom stereocenters. The van der Waals surface area contributed by atoms with Crippen LogP contribution < -0.4 is 5.32 Å². The average Bonchev–Trinajstić information content (AvgIpc) is 2.96. The van der Waals surface area contributed by atoms with Gasteiger partial charge in [0.15, 0.2) is 0 Å². The lowest BCUT2D eigenvalue weighted by atomic mass is 9.97. The molecule has 1 N–H and O–H groups in total. The second-order valence-electron chi connectivity index (χ2n) is 9.71. The molecule has 0 aromatic rings. The summed E-state index contributed by atoms with van der Waals surface area (Å²) < 4.78 is 0. The average molecular weight is 334 g/mol. The molecule has 3 heteroatoms. The standard InChI is InChI=1S/C21H39N3/c1-16(2)18-6-4-11-23(18)12-5-7-19-17(3)8-13-24(19)20-14-21(20)9-10-22-15-21/h16-20,22H,4-15H2,1-3H3/t17-,18?,19-,20?,21?/m0/s1. The fourth-order valence-corrected chi connectivity index (χ4v) is 6.28. The molecule has 138 valence electrons. The zero-order chi connectivity index (χ0) is 16.7. The molecule has 5 atom stereocenters. The van der Waals surface area contributed by atoms with Crippen LogP contribution in [0, 0.1) is 17.3 Å². The molecule has 1 spiro atoms. The molecule has 0 amide bonds. The van der Waals surface area contributed by atoms with E-state index < -0.39 is 0 Å². The third-order valence-electron chi connectivity index (χ3n) is 7.88. The van der Waals surface area contributed by atoms with Crippen molar-refractivity contribution in [3.8, 4) is 0 Å². The summed E-state index contributed by atoms with van der Waals surface area (Å²) in [6.07, 6.45) is 10.0. The Balaban J connectivity index is 1.28. The minimum Gasteiger partial charge on any atom is -0.316 e. The van der Waals surface area contributed by atoms with Crippen molar-refractivity contribution in [3.63, 3.8) is 0 Å². The molecule has 3 heterocycles. The molecule has 3 saturated heterocycles. The topological polar surface area (TPSA) is 18.5 Å². The predicted octanol–water partition coefficient (Wildman–Crippen LogP) is 3.35. The quantitative estimate of drug-likeness (QED) is 0.804. The van der Waals surface area contributed by atoms with Crippen LogP contribution >= 0.6 is 0 Å². The second-order valence-corrected chi connectivity index (χ2v) is 9.71. The Morgan fingerprint density at radius 3 is 2.83 bits per heavy atom. The molecule has 1 aliphatic carbocycles. The van der Waals surface area contributed by atoms with Crippen LogP contribution in [0.15, 0.2) is 0 Å². The molecule has 3 nitrogen and oxygen atoms in total. The van der Waals surface area contributed by atoms with E-state index in [0.717, 1.165) is 30.0 Å². The molecule has 3 aliphatic heterocycles. The monoisotopic (exact) mass is 333 g/mol. The summed E-state index contributed by atoms with van der Waals surface area (Å²) in [6, 6.07) is 2.64. The number of likely N-dealkylation sites (tertiary alicyclic amines) is 2. The lowest BCUT2D eigenvalue weighted by Gasteiger charge is -2.31. The van der Waals surface area contributed by atoms with Crippen molar-refractivity contribution >= 4 is 0 Å². The number of nitrogens with one attached hydrogen (secondary N) is 1. The van der Waals surface area contributed by atoms with Crippen molar-refractivity contribution in [1.29, 1.82) is 0 Å². The lowest BCUT2D eigenvalue weighted by molar-refractivity contribution is 0.163. The third-order valence-corrected chi connectivity index (χ3v) is 7.88. The normalized spacial score (nSPS) is 43.5. The Bertz CT molecular complexity index is 429. The maximum absolute atomic E-state index is 3.62. The van der Waals surface area contributed by atoms with Gasteiger partial charge in [0.25, 0.3) is 0 Å². The first-order valence-corrected chi connectivity index (χ1v) is 10.8. The molecule has 0 radical (unpaired) electrons. The summed E-state index contributed by atoms with van der Waals surface area (Å²) in [5.74, 6) is 1.74. The maximum atomic E-state index is 3.62. The van der Waals surface area contributed by atoms with Crippen molar-refractivity contribution < 1.29 is 0 Å². The Morgan fingerprint density at radius 1 is 1.21 bits per heavy atom. The van der Waals surface area contributed by atoms with Gasteiger partial charge in [-0.2, -0.15) is 0 Å². The molecule has 4 fully saturated rings. The van der Waals surface area contributed by atoms with Gasteiger partial charge in [-0.3, -0.25) is 4.90 Å². The summed E-state index contributed by atoms with van der Waals surface area (Å²) in [6.45, 7) is 13.9. The summed E-state index contributed by atoms with van der Waals surface area (Å²) in [4.78, 5) is 5.75. The number of rotatable bonds is 6. The summed E-state index contributed by atoms with van der Waals surface area (Å²) in [5, 5.41) is 3.62. The zero-order valence-electron chi connectivity index (χ0n) is 16.3. The Morgan fingerprint density at radius 2 is 2.08 bits per heavy atom. The van der Waals surface area contributed by atoms with Gasteiger partial charge in [0.1, 0.15) is 0 Å². The van der Waals surface area contributed by atoms with Gasteiger partial charge in [-0.25, -0.2) is 0 Å². The van der Waals surface area contributed by atoms with E-state index in [-0.39, 0.29) is 0 Å². The minimum atomic E-state index is 0.681.